The predicted molar refractivity (Wildman–Crippen MR) is 52.3 cm³/mol. The van der Waals surface area contributed by atoms with Gasteiger partial charge in [0, 0.05) is 5.69 Å². The van der Waals surface area contributed by atoms with Crippen LogP contribution < -0.4 is 10.1 Å². The minimum atomic E-state index is -4.49. The molecular weight excluding hydrogens is 223 g/mol. The maximum absolute atomic E-state index is 11.8. The Labute approximate surface area is 90.2 Å². The molecule has 0 bridgehead atoms. The topological polar surface area (TPSA) is 38.3 Å². The van der Waals surface area contributed by atoms with Gasteiger partial charge in [0.2, 0.25) is 5.91 Å². The zero-order chi connectivity index (χ0) is 12.2. The first-order valence-electron chi connectivity index (χ1n) is 4.41. The summed E-state index contributed by atoms with van der Waals surface area (Å²) in [4.78, 5) is 10.9. The Kier molecular flexibility index (Phi) is 3.76. The number of benzene rings is 1. The van der Waals surface area contributed by atoms with Gasteiger partial charge in [0.15, 0.2) is 0 Å². The lowest BCUT2D eigenvalue weighted by Gasteiger charge is -2.08. The van der Waals surface area contributed by atoms with Crippen molar-refractivity contribution in [1.29, 1.82) is 0 Å². The molecule has 6 heteroatoms. The number of ether oxygens (including phenoxy) is 1. The van der Waals surface area contributed by atoms with Crippen LogP contribution in [0.3, 0.4) is 0 Å². The van der Waals surface area contributed by atoms with Gasteiger partial charge in [-0.1, -0.05) is 0 Å². The lowest BCUT2D eigenvalue weighted by molar-refractivity contribution is -0.150. The fourth-order valence-electron chi connectivity index (χ4n) is 1.06. The van der Waals surface area contributed by atoms with Crippen molar-refractivity contribution < 1.29 is 22.7 Å². The van der Waals surface area contributed by atoms with E-state index in [2.05, 4.69) is 5.32 Å². The summed E-state index contributed by atoms with van der Waals surface area (Å²) in [6.07, 6.45) is -5.98. The van der Waals surface area contributed by atoms with Crippen LogP contribution in [-0.2, 0) is 4.79 Å². The maximum atomic E-state index is 11.8. The third kappa shape index (κ3) is 4.20. The van der Waals surface area contributed by atoms with E-state index in [1.807, 2.05) is 0 Å². The van der Waals surface area contributed by atoms with Crippen LogP contribution >= 0.6 is 0 Å². The molecular formula is C10H10F3NO2. The number of carbonyl (C=O) groups excluding carboxylic acids is 1. The molecule has 0 saturated heterocycles. The highest BCUT2D eigenvalue weighted by Gasteiger charge is 2.31. The van der Waals surface area contributed by atoms with Crippen molar-refractivity contribution in [2.45, 2.75) is 12.6 Å². The summed E-state index contributed by atoms with van der Waals surface area (Å²) < 4.78 is 40.4. The smallest absolute Gasteiger partial charge is 0.397 e. The Morgan fingerprint density at radius 1 is 1.31 bits per heavy atom. The minimum Gasteiger partial charge on any atom is -0.497 e. The van der Waals surface area contributed by atoms with Crippen molar-refractivity contribution in [3.63, 3.8) is 0 Å². The summed E-state index contributed by atoms with van der Waals surface area (Å²) >= 11 is 0. The highest BCUT2D eigenvalue weighted by Crippen LogP contribution is 2.21. The fraction of sp³-hybridized carbons (Fsp3) is 0.300. The first-order valence-corrected chi connectivity index (χ1v) is 4.41. The Morgan fingerprint density at radius 2 is 1.88 bits per heavy atom. The minimum absolute atomic E-state index is 0.301. The van der Waals surface area contributed by atoms with E-state index in [0.717, 1.165) is 0 Å². The van der Waals surface area contributed by atoms with Crippen molar-refractivity contribution in [2.24, 2.45) is 0 Å². The lowest BCUT2D eigenvalue weighted by atomic mass is 10.3. The van der Waals surface area contributed by atoms with Crippen LogP contribution in [0.1, 0.15) is 6.42 Å². The van der Waals surface area contributed by atoms with Gasteiger partial charge < -0.3 is 10.1 Å². The molecule has 0 aliphatic carbocycles. The van der Waals surface area contributed by atoms with Crippen LogP contribution in [0.5, 0.6) is 5.75 Å². The van der Waals surface area contributed by atoms with Gasteiger partial charge in [0.25, 0.3) is 0 Å². The summed E-state index contributed by atoms with van der Waals surface area (Å²) in [5.74, 6) is -0.522. The van der Waals surface area contributed by atoms with E-state index in [1.165, 1.54) is 19.2 Å². The number of rotatable bonds is 3. The molecule has 0 fully saturated rings. The molecule has 0 aliphatic heterocycles. The zero-order valence-electron chi connectivity index (χ0n) is 8.47. The first-order chi connectivity index (χ1) is 7.40. The second kappa shape index (κ2) is 4.87. The van der Waals surface area contributed by atoms with Gasteiger partial charge in [-0.05, 0) is 24.3 Å². The second-order valence-corrected chi connectivity index (χ2v) is 3.07. The van der Waals surface area contributed by atoms with Gasteiger partial charge in [0.05, 0.1) is 7.11 Å². The van der Waals surface area contributed by atoms with Gasteiger partial charge in [-0.2, -0.15) is 13.2 Å². The Hall–Kier alpha value is -1.72. The molecule has 16 heavy (non-hydrogen) atoms. The molecule has 0 spiro atoms. The molecule has 88 valence electrons. The van der Waals surface area contributed by atoms with E-state index >= 15 is 0 Å². The molecule has 0 heterocycles. The zero-order valence-corrected chi connectivity index (χ0v) is 8.47. The van der Waals surface area contributed by atoms with Gasteiger partial charge in [-0.25, -0.2) is 0 Å². The van der Waals surface area contributed by atoms with E-state index in [4.69, 9.17) is 4.74 Å². The highest BCUT2D eigenvalue weighted by atomic mass is 19.4. The van der Waals surface area contributed by atoms with E-state index < -0.39 is 18.5 Å². The van der Waals surface area contributed by atoms with Gasteiger partial charge in [-0.3, -0.25) is 4.79 Å². The van der Waals surface area contributed by atoms with Crippen LogP contribution in [-0.4, -0.2) is 19.2 Å². The summed E-state index contributed by atoms with van der Waals surface area (Å²) in [6, 6.07) is 6.02. The standard InChI is InChI=1S/C10H10F3NO2/c1-16-8-4-2-7(3-5-8)14-9(15)6-10(11,12)13/h2-5H,6H2,1H3,(H,14,15). The fourth-order valence-corrected chi connectivity index (χ4v) is 1.06. The van der Waals surface area contributed by atoms with E-state index in [-0.39, 0.29) is 0 Å². The molecule has 0 radical (unpaired) electrons. The number of nitrogens with one attached hydrogen (secondary N) is 1. The summed E-state index contributed by atoms with van der Waals surface area (Å²) in [5, 5.41) is 2.14. The molecule has 1 N–H and O–H groups in total. The number of alkyl halides is 3. The van der Waals surface area contributed by atoms with Crippen molar-refractivity contribution in [2.75, 3.05) is 12.4 Å². The number of carbonyl (C=O) groups is 1. The summed E-state index contributed by atoms with van der Waals surface area (Å²) in [5.41, 5.74) is 0.301. The number of methoxy groups -OCH3 is 1. The van der Waals surface area contributed by atoms with Crippen LogP contribution in [0, 0.1) is 0 Å². The quantitative estimate of drug-likeness (QED) is 0.871. The van der Waals surface area contributed by atoms with Crippen molar-refractivity contribution in [3.8, 4) is 5.75 Å². The molecule has 0 saturated carbocycles. The molecule has 1 aromatic rings. The SMILES string of the molecule is COc1ccc(NC(=O)CC(F)(F)F)cc1. The summed E-state index contributed by atoms with van der Waals surface area (Å²) in [7, 11) is 1.47. The van der Waals surface area contributed by atoms with Gasteiger partial charge >= 0.3 is 6.18 Å². The highest BCUT2D eigenvalue weighted by molar-refractivity contribution is 5.91. The number of hydrogen-bond acceptors (Lipinski definition) is 2. The van der Waals surface area contributed by atoms with Crippen molar-refractivity contribution >= 4 is 11.6 Å². The average molecular weight is 233 g/mol. The Morgan fingerprint density at radius 3 is 2.31 bits per heavy atom. The molecule has 0 unspecified atom stereocenters. The number of halogens is 3. The normalized spacial score (nSPS) is 11.0. The van der Waals surface area contributed by atoms with Gasteiger partial charge in [-0.15, -0.1) is 0 Å². The molecule has 1 aromatic carbocycles. The van der Waals surface area contributed by atoms with Crippen molar-refractivity contribution in [1.82, 2.24) is 0 Å². The van der Waals surface area contributed by atoms with E-state index in [9.17, 15) is 18.0 Å². The average Bonchev–Trinajstić information content (AvgIpc) is 2.16. The van der Waals surface area contributed by atoms with Crippen molar-refractivity contribution in [3.05, 3.63) is 24.3 Å². The van der Waals surface area contributed by atoms with E-state index in [0.29, 0.717) is 11.4 Å². The Bertz CT molecular complexity index is 359. The number of hydrogen-bond donors (Lipinski definition) is 1. The third-order valence-corrected chi connectivity index (χ3v) is 1.73. The molecule has 0 atom stereocenters. The largest absolute Gasteiger partial charge is 0.497 e. The van der Waals surface area contributed by atoms with E-state index in [1.54, 1.807) is 12.1 Å². The van der Waals surface area contributed by atoms with Crippen LogP contribution in [0.15, 0.2) is 24.3 Å². The molecule has 0 aliphatic rings. The van der Waals surface area contributed by atoms with Crippen LogP contribution in [0.2, 0.25) is 0 Å². The number of anilines is 1. The molecule has 1 amide bonds. The monoisotopic (exact) mass is 233 g/mol. The predicted octanol–water partition coefficient (Wildman–Crippen LogP) is 2.59. The molecule has 0 aromatic heterocycles. The van der Waals surface area contributed by atoms with Gasteiger partial charge in [0.1, 0.15) is 12.2 Å². The lowest BCUT2D eigenvalue weighted by Crippen LogP contribution is -2.21. The molecule has 1 rings (SSSR count). The van der Waals surface area contributed by atoms with Crippen LogP contribution in [0.25, 0.3) is 0 Å². The second-order valence-electron chi connectivity index (χ2n) is 3.07. The maximum Gasteiger partial charge on any atom is 0.397 e. The Balaban J connectivity index is 2.56. The summed E-state index contributed by atoms with van der Waals surface area (Å²) in [6.45, 7) is 0. The number of amides is 1. The first kappa shape index (κ1) is 12.4. The van der Waals surface area contributed by atoms with Crippen LogP contribution in [0.4, 0.5) is 18.9 Å². The molecule has 3 nitrogen and oxygen atoms in total. The third-order valence-electron chi connectivity index (χ3n) is 1.73.